The van der Waals surface area contributed by atoms with Crippen LogP contribution in [-0.2, 0) is 0 Å². The van der Waals surface area contributed by atoms with Crippen molar-refractivity contribution in [1.29, 1.82) is 0 Å². The topological polar surface area (TPSA) is 52.9 Å². The summed E-state index contributed by atoms with van der Waals surface area (Å²) in [6.07, 6.45) is 3.89. The molecule has 0 unspecified atom stereocenters. The summed E-state index contributed by atoms with van der Waals surface area (Å²) in [4.78, 5) is 7.91. The molecule has 0 aromatic carbocycles. The molecule has 0 aliphatic heterocycles. The third kappa shape index (κ3) is 20.3. The number of hydrogen-bond donors (Lipinski definition) is 0. The van der Waals surface area contributed by atoms with Gasteiger partial charge in [0.15, 0.2) is 0 Å². The van der Waals surface area contributed by atoms with Gasteiger partial charge in [-0.2, -0.15) is 11.4 Å². The summed E-state index contributed by atoms with van der Waals surface area (Å²) in [6.45, 7) is 7.81. The second kappa shape index (κ2) is 19.0. The van der Waals surface area contributed by atoms with Crippen molar-refractivity contribution in [2.45, 2.75) is 27.7 Å². The van der Waals surface area contributed by atoms with Crippen LogP contribution in [0.15, 0.2) is 33.5 Å². The minimum atomic E-state index is 0. The Labute approximate surface area is 160 Å². The normalized spacial score (nSPS) is 12.4. The summed E-state index contributed by atoms with van der Waals surface area (Å²) in [6, 6.07) is 0. The number of hydrogen-bond acceptors (Lipinski definition) is 2. The monoisotopic (exact) mass is 300 g/mol. The zero-order chi connectivity index (χ0) is 14.6. The molecule has 0 fully saturated rings. The Hall–Kier alpha value is -0.0475. The van der Waals surface area contributed by atoms with Crippen molar-refractivity contribution in [3.05, 3.63) is 34.2 Å². The molecule has 0 saturated heterocycles. The van der Waals surface area contributed by atoms with E-state index in [1.165, 1.54) is 0 Å². The van der Waals surface area contributed by atoms with E-state index in [2.05, 4.69) is 20.6 Å². The largest absolute Gasteiger partial charge is 2.00 e. The standard InChI is InChI=1S/2C7H13N2.2Mg.2H/c2*1-6(8-3)5-7(2)9-4;;;;/h2*5H,1-4H3;;;;/q2*-1;2*+2;2*-1/b2*6-5-,9-7?;;;;. The van der Waals surface area contributed by atoms with Gasteiger partial charge >= 0.3 is 46.1 Å². The molecule has 0 rings (SSSR count). The third-order valence-corrected chi connectivity index (χ3v) is 2.25. The van der Waals surface area contributed by atoms with E-state index in [1.54, 1.807) is 28.2 Å². The van der Waals surface area contributed by atoms with Crippen LogP contribution >= 0.6 is 0 Å². The zero-order valence-electron chi connectivity index (χ0n) is 16.4. The van der Waals surface area contributed by atoms with Gasteiger partial charge in [0, 0.05) is 25.5 Å². The van der Waals surface area contributed by atoms with Crippen molar-refractivity contribution in [2.24, 2.45) is 9.98 Å². The molecular formula is C14H28Mg2N4. The minimum absolute atomic E-state index is 0. The molecule has 0 bridgehead atoms. The van der Waals surface area contributed by atoms with E-state index in [9.17, 15) is 0 Å². The van der Waals surface area contributed by atoms with Crippen molar-refractivity contribution in [3.8, 4) is 0 Å². The molecule has 6 heteroatoms. The Morgan fingerprint density at radius 3 is 1.15 bits per heavy atom. The predicted octanol–water partition coefficient (Wildman–Crippen LogP) is 3.43. The molecule has 0 N–H and O–H groups in total. The molecule has 20 heavy (non-hydrogen) atoms. The fourth-order valence-corrected chi connectivity index (χ4v) is 0.863. The van der Waals surface area contributed by atoms with E-state index in [4.69, 9.17) is 0 Å². The number of nitrogens with zero attached hydrogens (tertiary/aromatic N) is 4. The minimum Gasteiger partial charge on any atom is -1.00 e. The van der Waals surface area contributed by atoms with Gasteiger partial charge in [-0.1, -0.05) is 26.0 Å². The van der Waals surface area contributed by atoms with Crippen LogP contribution in [-0.4, -0.2) is 85.7 Å². The van der Waals surface area contributed by atoms with Crippen molar-refractivity contribution in [2.75, 3.05) is 28.2 Å². The second-order valence-electron chi connectivity index (χ2n) is 3.75. The summed E-state index contributed by atoms with van der Waals surface area (Å²) in [5.41, 5.74) is 4.05. The SMILES string of the molecule is CN=C(C)/C=C(/C)[N-]C.CN=C(C)/C=C(/C)[N-]C.[H-].[H-].[Mg+2].[Mg+2]. The Bertz CT molecular complexity index is 321. The molecule has 0 aromatic rings. The summed E-state index contributed by atoms with van der Waals surface area (Å²) >= 11 is 0. The first-order valence-electron chi connectivity index (χ1n) is 5.84. The van der Waals surface area contributed by atoms with Crippen LogP contribution in [0, 0.1) is 0 Å². The van der Waals surface area contributed by atoms with E-state index in [0.717, 1.165) is 22.8 Å². The number of allylic oxidation sites excluding steroid dienone is 4. The quantitative estimate of drug-likeness (QED) is 0.564. The molecule has 108 valence electrons. The molecule has 0 saturated carbocycles. The van der Waals surface area contributed by atoms with Crippen molar-refractivity contribution >= 4 is 57.5 Å². The van der Waals surface area contributed by atoms with Crippen molar-refractivity contribution < 1.29 is 2.85 Å². The summed E-state index contributed by atoms with van der Waals surface area (Å²) in [5.74, 6) is 0. The first-order chi connectivity index (χ1) is 8.40. The average molecular weight is 301 g/mol. The van der Waals surface area contributed by atoms with Crippen molar-refractivity contribution in [1.82, 2.24) is 0 Å². The van der Waals surface area contributed by atoms with Crippen LogP contribution in [0.2, 0.25) is 0 Å². The van der Waals surface area contributed by atoms with E-state index >= 15 is 0 Å². The number of rotatable bonds is 4. The molecule has 0 heterocycles. The molecule has 0 atom stereocenters. The summed E-state index contributed by atoms with van der Waals surface area (Å²) in [5, 5.41) is 7.91. The Morgan fingerprint density at radius 2 is 1.00 bits per heavy atom. The van der Waals surface area contributed by atoms with Crippen LogP contribution in [0.5, 0.6) is 0 Å². The molecule has 0 spiro atoms. The smallest absolute Gasteiger partial charge is 1.00 e. The predicted molar refractivity (Wildman–Crippen MR) is 97.9 cm³/mol. The molecule has 0 aromatic heterocycles. The zero-order valence-corrected chi connectivity index (χ0v) is 17.2. The van der Waals surface area contributed by atoms with Gasteiger partial charge in [0.2, 0.25) is 0 Å². The molecule has 0 aliphatic carbocycles. The van der Waals surface area contributed by atoms with E-state index < -0.39 is 0 Å². The molecular weight excluding hydrogens is 273 g/mol. The maximum Gasteiger partial charge on any atom is 2.00 e. The van der Waals surface area contributed by atoms with Crippen LogP contribution in [0.4, 0.5) is 0 Å². The van der Waals surface area contributed by atoms with E-state index in [-0.39, 0.29) is 49.0 Å². The third-order valence-electron chi connectivity index (χ3n) is 2.25. The van der Waals surface area contributed by atoms with Gasteiger partial charge in [-0.15, -0.1) is 14.1 Å². The molecule has 4 nitrogen and oxygen atoms in total. The van der Waals surface area contributed by atoms with E-state index in [1.807, 2.05) is 39.8 Å². The summed E-state index contributed by atoms with van der Waals surface area (Å²) in [7, 11) is 7.09. The fourth-order valence-electron chi connectivity index (χ4n) is 0.863. The van der Waals surface area contributed by atoms with Gasteiger partial charge in [0.1, 0.15) is 0 Å². The van der Waals surface area contributed by atoms with Gasteiger partial charge in [-0.25, -0.2) is 0 Å². The van der Waals surface area contributed by atoms with Gasteiger partial charge in [-0.3, -0.25) is 9.98 Å². The molecule has 0 amide bonds. The first-order valence-corrected chi connectivity index (χ1v) is 5.84. The number of aliphatic imine (C=N–C) groups is 2. The molecule has 0 aliphatic rings. The Balaban J connectivity index is -0.0000000492. The Kier molecular flexibility index (Phi) is 26.7. The van der Waals surface area contributed by atoms with Gasteiger partial charge in [0.25, 0.3) is 0 Å². The van der Waals surface area contributed by atoms with Crippen LogP contribution < -0.4 is 0 Å². The maximum absolute atomic E-state index is 3.96. The van der Waals surface area contributed by atoms with Gasteiger partial charge < -0.3 is 13.5 Å². The van der Waals surface area contributed by atoms with Gasteiger partial charge in [-0.05, 0) is 13.8 Å². The van der Waals surface area contributed by atoms with Crippen molar-refractivity contribution in [3.63, 3.8) is 0 Å². The maximum atomic E-state index is 3.96. The van der Waals surface area contributed by atoms with Crippen LogP contribution in [0.1, 0.15) is 30.5 Å². The van der Waals surface area contributed by atoms with Gasteiger partial charge in [0.05, 0.1) is 0 Å². The fraction of sp³-hybridized carbons (Fsp3) is 0.571. The average Bonchev–Trinajstić information content (AvgIpc) is 2.38. The first kappa shape index (κ1) is 28.2. The second-order valence-corrected chi connectivity index (χ2v) is 3.75. The summed E-state index contributed by atoms with van der Waals surface area (Å²) < 4.78 is 0. The van der Waals surface area contributed by atoms with E-state index in [0.29, 0.717) is 0 Å². The molecule has 0 radical (unpaired) electrons. The Morgan fingerprint density at radius 1 is 0.750 bits per heavy atom. The van der Waals surface area contributed by atoms with Crippen LogP contribution in [0.25, 0.3) is 10.6 Å². The van der Waals surface area contributed by atoms with Crippen LogP contribution in [0.3, 0.4) is 0 Å².